The topological polar surface area (TPSA) is 75.4 Å². The van der Waals surface area contributed by atoms with Gasteiger partial charge in [-0.1, -0.05) is 0 Å². The summed E-state index contributed by atoms with van der Waals surface area (Å²) in [6, 6.07) is 3.42. The van der Waals surface area contributed by atoms with Crippen molar-refractivity contribution in [1.82, 2.24) is 0 Å². The Labute approximate surface area is 114 Å². The molecule has 20 heavy (non-hydrogen) atoms. The summed E-state index contributed by atoms with van der Waals surface area (Å²) in [5.74, 6) is 0. The second-order valence-corrected chi connectivity index (χ2v) is 5.16. The van der Waals surface area contributed by atoms with Crippen LogP contribution in [-0.2, 0) is 0 Å². The van der Waals surface area contributed by atoms with Crippen molar-refractivity contribution in [2.45, 2.75) is 25.7 Å². The fourth-order valence-corrected chi connectivity index (χ4v) is 2.22. The first kappa shape index (κ1) is 14.6. The summed E-state index contributed by atoms with van der Waals surface area (Å²) in [6.07, 6.45) is -0.225. The fraction of sp³-hybridized carbons (Fsp3) is 0.538. The van der Waals surface area contributed by atoms with E-state index in [1.807, 2.05) is 0 Å². The van der Waals surface area contributed by atoms with Crippen LogP contribution in [0.1, 0.15) is 31.3 Å². The molecule has 0 heterocycles. The highest BCUT2D eigenvalue weighted by Gasteiger charge is 2.41. The van der Waals surface area contributed by atoms with Crippen LogP contribution in [0.25, 0.3) is 0 Å². The number of aliphatic hydroxyl groups is 1. The molecule has 1 aromatic carbocycles. The molecule has 1 aromatic rings. The predicted molar refractivity (Wildman–Crippen MR) is 69.9 cm³/mol. The van der Waals surface area contributed by atoms with Gasteiger partial charge in [0, 0.05) is 36.5 Å². The van der Waals surface area contributed by atoms with Crippen molar-refractivity contribution in [3.05, 3.63) is 33.9 Å². The number of halogens is 2. The number of nitro benzene ring substituents is 1. The number of hydrogen-bond acceptors (Lipinski definition) is 4. The van der Waals surface area contributed by atoms with E-state index in [2.05, 4.69) is 5.32 Å². The average Bonchev–Trinajstić information content (AvgIpc) is 3.16. The summed E-state index contributed by atoms with van der Waals surface area (Å²) in [5.41, 5.74) is -0.508. The number of nitrogens with zero attached hydrogens (tertiary/aromatic N) is 1. The van der Waals surface area contributed by atoms with Gasteiger partial charge in [0.25, 0.3) is 12.1 Å². The summed E-state index contributed by atoms with van der Waals surface area (Å²) < 4.78 is 25.9. The monoisotopic (exact) mass is 286 g/mol. The van der Waals surface area contributed by atoms with Gasteiger partial charge in [-0.05, 0) is 30.7 Å². The van der Waals surface area contributed by atoms with Gasteiger partial charge in [-0.3, -0.25) is 10.1 Å². The number of aliphatic hydroxyl groups excluding tert-OH is 1. The Morgan fingerprint density at radius 1 is 1.45 bits per heavy atom. The molecule has 7 heteroatoms. The maximum Gasteiger partial charge on any atom is 0.270 e. The Kier molecular flexibility index (Phi) is 4.17. The third-order valence-electron chi connectivity index (χ3n) is 3.73. The number of alkyl halides is 2. The molecule has 0 unspecified atom stereocenters. The number of hydrogen-bond donors (Lipinski definition) is 2. The number of anilines is 1. The molecular formula is C13H16F2N2O3. The Hall–Kier alpha value is -1.76. The Morgan fingerprint density at radius 2 is 2.15 bits per heavy atom. The van der Waals surface area contributed by atoms with E-state index in [0.717, 1.165) is 18.9 Å². The first-order valence-corrected chi connectivity index (χ1v) is 6.39. The summed E-state index contributed by atoms with van der Waals surface area (Å²) in [4.78, 5) is 9.92. The van der Waals surface area contributed by atoms with Gasteiger partial charge in [-0.2, -0.15) is 0 Å². The second-order valence-electron chi connectivity index (χ2n) is 5.16. The van der Waals surface area contributed by atoms with Crippen LogP contribution in [0.15, 0.2) is 18.2 Å². The van der Waals surface area contributed by atoms with Gasteiger partial charge >= 0.3 is 0 Å². The van der Waals surface area contributed by atoms with Crippen LogP contribution in [0.2, 0.25) is 0 Å². The highest BCUT2D eigenvalue weighted by Crippen LogP contribution is 2.48. The quantitative estimate of drug-likeness (QED) is 0.596. The van der Waals surface area contributed by atoms with Gasteiger partial charge in [-0.15, -0.1) is 0 Å². The maximum absolute atomic E-state index is 13.0. The van der Waals surface area contributed by atoms with E-state index < -0.39 is 11.3 Å². The number of benzene rings is 1. The van der Waals surface area contributed by atoms with Crippen LogP contribution in [-0.4, -0.2) is 23.2 Å². The summed E-state index contributed by atoms with van der Waals surface area (Å²) in [7, 11) is 0. The second kappa shape index (κ2) is 5.70. The van der Waals surface area contributed by atoms with Crippen LogP contribution in [0.4, 0.5) is 20.2 Å². The predicted octanol–water partition coefficient (Wildman–Crippen LogP) is 3.11. The Morgan fingerprint density at radius 3 is 2.65 bits per heavy atom. The molecule has 1 fully saturated rings. The van der Waals surface area contributed by atoms with Crippen molar-refractivity contribution in [2.24, 2.45) is 5.41 Å². The van der Waals surface area contributed by atoms with E-state index >= 15 is 0 Å². The molecule has 0 atom stereocenters. The summed E-state index contributed by atoms with van der Waals surface area (Å²) in [6.45, 7) is 0.564. The minimum absolute atomic E-state index is 0.0179. The molecule has 2 rings (SSSR count). The van der Waals surface area contributed by atoms with Gasteiger partial charge < -0.3 is 10.4 Å². The molecule has 0 spiro atoms. The summed E-state index contributed by atoms with van der Waals surface area (Å²) in [5, 5.41) is 22.5. The molecular weight excluding hydrogens is 270 g/mol. The minimum Gasteiger partial charge on any atom is -0.396 e. The lowest BCUT2D eigenvalue weighted by molar-refractivity contribution is -0.385. The Balaban J connectivity index is 2.12. The standard InChI is InChI=1S/C13H16F2N2O3/c14-12(15)10-7-9(17(19)20)1-2-11(10)16-8-13(3-4-13)5-6-18/h1-2,7,12,16,18H,3-6,8H2. The molecule has 1 aliphatic rings. The number of nitro groups is 1. The van der Waals surface area contributed by atoms with E-state index in [9.17, 15) is 18.9 Å². The van der Waals surface area contributed by atoms with Crippen molar-refractivity contribution < 1.29 is 18.8 Å². The lowest BCUT2D eigenvalue weighted by Gasteiger charge is -2.17. The molecule has 1 saturated carbocycles. The minimum atomic E-state index is -2.77. The number of non-ortho nitro benzene ring substituents is 1. The molecule has 110 valence electrons. The van der Waals surface area contributed by atoms with Crippen molar-refractivity contribution in [1.29, 1.82) is 0 Å². The molecule has 0 amide bonds. The van der Waals surface area contributed by atoms with E-state index in [1.165, 1.54) is 12.1 Å². The van der Waals surface area contributed by atoms with Crippen molar-refractivity contribution in [3.8, 4) is 0 Å². The lowest BCUT2D eigenvalue weighted by atomic mass is 10.0. The summed E-state index contributed by atoms with van der Waals surface area (Å²) >= 11 is 0. The van der Waals surface area contributed by atoms with Crippen LogP contribution in [0, 0.1) is 15.5 Å². The average molecular weight is 286 g/mol. The van der Waals surface area contributed by atoms with Gasteiger partial charge in [0.1, 0.15) is 0 Å². The highest BCUT2D eigenvalue weighted by molar-refractivity contribution is 5.56. The molecule has 2 N–H and O–H groups in total. The Bertz CT molecular complexity index is 504. The SMILES string of the molecule is O=[N+]([O-])c1ccc(NCC2(CCO)CC2)c(C(F)F)c1. The molecule has 0 aromatic heterocycles. The molecule has 5 nitrogen and oxygen atoms in total. The first-order chi connectivity index (χ1) is 9.47. The maximum atomic E-state index is 13.0. The van der Waals surface area contributed by atoms with E-state index in [1.54, 1.807) is 0 Å². The van der Waals surface area contributed by atoms with Gasteiger partial charge in [0.05, 0.1) is 4.92 Å². The lowest BCUT2D eigenvalue weighted by Crippen LogP contribution is -2.17. The molecule has 0 saturated heterocycles. The van der Waals surface area contributed by atoms with E-state index in [0.29, 0.717) is 13.0 Å². The van der Waals surface area contributed by atoms with Crippen LogP contribution in [0.5, 0.6) is 0 Å². The largest absolute Gasteiger partial charge is 0.396 e. The molecule has 0 bridgehead atoms. The number of rotatable bonds is 7. The molecule has 0 aliphatic heterocycles. The molecule has 1 aliphatic carbocycles. The van der Waals surface area contributed by atoms with Crippen LogP contribution >= 0.6 is 0 Å². The van der Waals surface area contributed by atoms with Crippen molar-refractivity contribution in [3.63, 3.8) is 0 Å². The van der Waals surface area contributed by atoms with Gasteiger partial charge in [0.2, 0.25) is 0 Å². The van der Waals surface area contributed by atoms with E-state index in [-0.39, 0.29) is 29.0 Å². The zero-order valence-electron chi connectivity index (χ0n) is 10.8. The van der Waals surface area contributed by atoms with Crippen LogP contribution in [0.3, 0.4) is 0 Å². The van der Waals surface area contributed by atoms with Crippen molar-refractivity contribution in [2.75, 3.05) is 18.5 Å². The third kappa shape index (κ3) is 3.22. The third-order valence-corrected chi connectivity index (χ3v) is 3.73. The van der Waals surface area contributed by atoms with E-state index in [4.69, 9.17) is 5.11 Å². The zero-order valence-corrected chi connectivity index (χ0v) is 10.8. The molecule has 0 radical (unpaired) electrons. The van der Waals surface area contributed by atoms with Gasteiger partial charge in [-0.25, -0.2) is 8.78 Å². The highest BCUT2D eigenvalue weighted by atomic mass is 19.3. The van der Waals surface area contributed by atoms with Crippen molar-refractivity contribution >= 4 is 11.4 Å². The first-order valence-electron chi connectivity index (χ1n) is 6.39. The number of nitrogens with one attached hydrogen (secondary N) is 1. The normalized spacial score (nSPS) is 16.2. The van der Waals surface area contributed by atoms with Crippen LogP contribution < -0.4 is 5.32 Å². The van der Waals surface area contributed by atoms with Gasteiger partial charge in [0.15, 0.2) is 0 Å². The fourth-order valence-electron chi connectivity index (χ4n) is 2.22. The zero-order chi connectivity index (χ0) is 14.8. The smallest absolute Gasteiger partial charge is 0.270 e.